The maximum absolute atomic E-state index is 10.8. The summed E-state index contributed by atoms with van der Waals surface area (Å²) in [5, 5.41) is 10.2. The molecule has 0 aromatic carbocycles. The van der Waals surface area contributed by atoms with E-state index < -0.39 is 17.5 Å². The number of carbonyl (C=O) groups excluding carboxylic acids is 1. The molecule has 0 unspecified atom stereocenters. The molecule has 1 saturated heterocycles. The van der Waals surface area contributed by atoms with Crippen molar-refractivity contribution in [2.24, 2.45) is 5.92 Å². The first-order chi connectivity index (χ1) is 6.85. The van der Waals surface area contributed by atoms with Gasteiger partial charge < -0.3 is 5.11 Å². The lowest BCUT2D eigenvalue weighted by molar-refractivity contribution is -0.198. The molecule has 1 rings (SSSR count). The number of aliphatic carboxylic acids is 1. The van der Waals surface area contributed by atoms with Crippen LogP contribution in [0.25, 0.3) is 0 Å². The molecule has 1 aliphatic rings. The molecule has 0 aromatic heterocycles. The largest absolute Gasteiger partial charge is 0.481 e. The Hall–Kier alpha value is -1.32. The van der Waals surface area contributed by atoms with Gasteiger partial charge in [-0.25, -0.2) is 9.86 Å². The van der Waals surface area contributed by atoms with Gasteiger partial charge in [0.25, 0.3) is 0 Å². The van der Waals surface area contributed by atoms with E-state index in [1.54, 1.807) is 5.94 Å². The topological polar surface area (TPSA) is 66.8 Å². The van der Waals surface area contributed by atoms with Gasteiger partial charge in [-0.1, -0.05) is 0 Å². The lowest BCUT2D eigenvalue weighted by Gasteiger charge is -2.27. The fraction of sp³-hybridized carbons (Fsp3) is 0.700. The van der Waals surface area contributed by atoms with E-state index in [9.17, 15) is 9.59 Å². The van der Waals surface area contributed by atoms with Crippen molar-refractivity contribution >= 4 is 11.9 Å². The Morgan fingerprint density at radius 2 is 2.20 bits per heavy atom. The van der Waals surface area contributed by atoms with Crippen LogP contribution < -0.4 is 0 Å². The van der Waals surface area contributed by atoms with Crippen LogP contribution in [0.2, 0.25) is 0 Å². The average molecular weight is 213 g/mol. The predicted octanol–water partition coefficient (Wildman–Crippen LogP) is 0.839. The highest BCUT2D eigenvalue weighted by atomic mass is 16.7. The third-order valence-electron chi connectivity index (χ3n) is 2.01. The molecule has 0 radical (unpaired) electrons. The second-order valence-electron chi connectivity index (χ2n) is 4.47. The van der Waals surface area contributed by atoms with Crippen LogP contribution in [0.1, 0.15) is 27.2 Å². The van der Waals surface area contributed by atoms with Crippen molar-refractivity contribution in [1.82, 2.24) is 5.06 Å². The Balaban J connectivity index is 2.79. The van der Waals surface area contributed by atoms with Gasteiger partial charge in [0, 0.05) is 6.54 Å². The van der Waals surface area contributed by atoms with E-state index in [4.69, 9.17) is 9.94 Å². The minimum atomic E-state index is -1.01. The van der Waals surface area contributed by atoms with Crippen LogP contribution in [0.15, 0.2) is 5.70 Å². The monoisotopic (exact) mass is 213 g/mol. The maximum atomic E-state index is 10.8. The standard InChI is InChI=1S/C10H15NO4/c1-10(2,3)15-11-5-4-7(9(13)14)8(11)6-12/h7H,4-5H2,1-3H3,(H,13,14)/t7-/m0/s1. The first kappa shape index (κ1) is 11.8. The zero-order chi connectivity index (χ0) is 11.6. The number of hydrogen-bond donors (Lipinski definition) is 1. The van der Waals surface area contributed by atoms with Crippen molar-refractivity contribution in [2.45, 2.75) is 32.8 Å². The van der Waals surface area contributed by atoms with E-state index in [0.29, 0.717) is 13.0 Å². The molecule has 0 aromatic rings. The molecule has 0 bridgehead atoms. The van der Waals surface area contributed by atoms with Gasteiger partial charge in [0.1, 0.15) is 17.6 Å². The fourth-order valence-corrected chi connectivity index (χ4v) is 1.47. The molecule has 1 atom stereocenters. The second-order valence-corrected chi connectivity index (χ2v) is 4.47. The highest BCUT2D eigenvalue weighted by Gasteiger charge is 2.37. The molecule has 0 amide bonds. The third-order valence-corrected chi connectivity index (χ3v) is 2.01. The zero-order valence-electron chi connectivity index (χ0n) is 9.11. The second kappa shape index (κ2) is 4.04. The normalized spacial score (nSPS) is 21.7. The lowest BCUT2D eigenvalue weighted by Crippen LogP contribution is -2.32. The number of hydroxylamine groups is 2. The lowest BCUT2D eigenvalue weighted by atomic mass is 10.1. The van der Waals surface area contributed by atoms with Gasteiger partial charge in [-0.2, -0.15) is 0 Å². The van der Waals surface area contributed by atoms with Crippen LogP contribution in [0, 0.1) is 5.92 Å². The molecule has 1 aliphatic heterocycles. The van der Waals surface area contributed by atoms with Crippen LogP contribution in [0.5, 0.6) is 0 Å². The molecule has 1 N–H and O–H groups in total. The number of carboxylic acid groups (broad SMARTS) is 1. The van der Waals surface area contributed by atoms with Crippen LogP contribution in [0.4, 0.5) is 0 Å². The first-order valence-corrected chi connectivity index (χ1v) is 4.79. The summed E-state index contributed by atoms with van der Waals surface area (Å²) in [4.78, 5) is 26.9. The summed E-state index contributed by atoms with van der Waals surface area (Å²) >= 11 is 0. The van der Waals surface area contributed by atoms with Crippen molar-refractivity contribution in [3.63, 3.8) is 0 Å². The van der Waals surface area contributed by atoms with E-state index in [2.05, 4.69) is 0 Å². The minimum Gasteiger partial charge on any atom is -0.481 e. The van der Waals surface area contributed by atoms with Crippen LogP contribution in [0.3, 0.4) is 0 Å². The fourth-order valence-electron chi connectivity index (χ4n) is 1.47. The van der Waals surface area contributed by atoms with Crippen molar-refractivity contribution < 1.29 is 19.5 Å². The Kier molecular flexibility index (Phi) is 3.17. The van der Waals surface area contributed by atoms with Gasteiger partial charge in [0.15, 0.2) is 0 Å². The molecule has 0 saturated carbocycles. The molecule has 0 spiro atoms. The molecule has 1 heterocycles. The van der Waals surface area contributed by atoms with Crippen LogP contribution in [-0.2, 0) is 14.4 Å². The Morgan fingerprint density at radius 3 is 2.60 bits per heavy atom. The van der Waals surface area contributed by atoms with Crippen molar-refractivity contribution in [3.8, 4) is 0 Å². The predicted molar refractivity (Wildman–Crippen MR) is 52.5 cm³/mol. The maximum Gasteiger partial charge on any atom is 0.313 e. The van der Waals surface area contributed by atoms with Gasteiger partial charge in [0.2, 0.25) is 0 Å². The molecule has 5 heteroatoms. The summed E-state index contributed by atoms with van der Waals surface area (Å²) in [7, 11) is 0. The molecule has 1 fully saturated rings. The molecule has 5 nitrogen and oxygen atoms in total. The first-order valence-electron chi connectivity index (χ1n) is 4.79. The number of nitrogens with zero attached hydrogens (tertiary/aromatic N) is 1. The van der Waals surface area contributed by atoms with Crippen LogP contribution in [-0.4, -0.2) is 34.2 Å². The number of carbonyl (C=O) groups is 1. The van der Waals surface area contributed by atoms with Gasteiger partial charge in [-0.15, -0.1) is 0 Å². The molecule has 15 heavy (non-hydrogen) atoms. The summed E-state index contributed by atoms with van der Waals surface area (Å²) in [5.41, 5.74) is -0.368. The van der Waals surface area contributed by atoms with E-state index in [1.807, 2.05) is 20.8 Å². The summed E-state index contributed by atoms with van der Waals surface area (Å²) in [6.45, 7) is 5.93. The van der Waals surface area contributed by atoms with Gasteiger partial charge in [0.05, 0.1) is 5.60 Å². The number of hydrogen-bond acceptors (Lipinski definition) is 4. The summed E-state index contributed by atoms with van der Waals surface area (Å²) in [6.07, 6.45) is 0.385. The van der Waals surface area contributed by atoms with Crippen molar-refractivity contribution in [2.75, 3.05) is 6.54 Å². The number of rotatable bonds is 2. The van der Waals surface area contributed by atoms with E-state index in [-0.39, 0.29) is 5.70 Å². The van der Waals surface area contributed by atoms with Crippen molar-refractivity contribution in [3.05, 3.63) is 5.70 Å². The summed E-state index contributed by atoms with van der Waals surface area (Å²) in [6, 6.07) is 0. The Morgan fingerprint density at radius 1 is 1.60 bits per heavy atom. The van der Waals surface area contributed by atoms with E-state index >= 15 is 0 Å². The van der Waals surface area contributed by atoms with Gasteiger partial charge >= 0.3 is 5.97 Å². The average Bonchev–Trinajstić information content (AvgIpc) is 2.44. The summed E-state index contributed by atoms with van der Waals surface area (Å²) in [5.74, 6) is -0.139. The highest BCUT2D eigenvalue weighted by molar-refractivity contribution is 5.77. The third kappa shape index (κ3) is 2.81. The van der Waals surface area contributed by atoms with Gasteiger partial charge in [-0.3, -0.25) is 9.63 Å². The quantitative estimate of drug-likeness (QED) is 0.688. The Bertz CT molecular complexity index is 312. The number of carboxylic acids is 1. The molecular weight excluding hydrogens is 198 g/mol. The minimum absolute atomic E-state index is 0.0809. The van der Waals surface area contributed by atoms with Crippen molar-refractivity contribution in [1.29, 1.82) is 0 Å². The Labute approximate surface area is 88.3 Å². The highest BCUT2D eigenvalue weighted by Crippen LogP contribution is 2.28. The molecular formula is C10H15NO4. The zero-order valence-corrected chi connectivity index (χ0v) is 9.11. The summed E-state index contributed by atoms with van der Waals surface area (Å²) < 4.78 is 0. The SMILES string of the molecule is CC(C)(C)ON1CC[C@H](C(=O)O)C1=C=O. The van der Waals surface area contributed by atoms with Gasteiger partial charge in [-0.05, 0) is 27.2 Å². The molecule has 0 aliphatic carbocycles. The van der Waals surface area contributed by atoms with E-state index in [1.165, 1.54) is 5.06 Å². The van der Waals surface area contributed by atoms with Crippen LogP contribution >= 0.6 is 0 Å². The molecule has 84 valence electrons. The van der Waals surface area contributed by atoms with E-state index in [0.717, 1.165) is 0 Å². The smallest absolute Gasteiger partial charge is 0.313 e.